The van der Waals surface area contributed by atoms with Gasteiger partial charge in [-0.3, -0.25) is 0 Å². The van der Waals surface area contributed by atoms with Crippen LogP contribution in [-0.4, -0.2) is 20.2 Å². The molecule has 0 bridgehead atoms. The molecule has 4 nitrogen and oxygen atoms in total. The minimum atomic E-state index is -0.597. The zero-order chi connectivity index (χ0) is 11.3. The molecule has 0 fully saturated rings. The average molecular weight is 230 g/mol. The van der Waals surface area contributed by atoms with Crippen LogP contribution in [-0.2, 0) is 14.3 Å². The van der Waals surface area contributed by atoms with Crippen LogP contribution in [0.15, 0.2) is 30.5 Å². The molecule has 0 unspecified atom stereocenters. The topological polar surface area (TPSA) is 58.6 Å². The molecule has 0 spiro atoms. The van der Waals surface area contributed by atoms with Gasteiger partial charge in [-0.2, -0.15) is 0 Å². The van der Waals surface area contributed by atoms with Crippen molar-refractivity contribution >= 4 is 11.5 Å². The number of rotatable bonds is 3. The maximum Gasteiger partial charge on any atom is 1.00 e. The van der Waals surface area contributed by atoms with Crippen molar-refractivity contribution in [2.75, 3.05) is 14.2 Å². The molecule has 0 atom stereocenters. The summed E-state index contributed by atoms with van der Waals surface area (Å²) < 4.78 is 9.28. The minimum Gasteiger partial charge on any atom is -0.872 e. The predicted molar refractivity (Wildman–Crippen MR) is 52.9 cm³/mol. The first-order chi connectivity index (χ1) is 7.20. The summed E-state index contributed by atoms with van der Waals surface area (Å²) in [6.45, 7) is 0. The molecule has 0 aliphatic carbocycles. The van der Waals surface area contributed by atoms with Gasteiger partial charge in [0.2, 0.25) is 0 Å². The number of benzene rings is 1. The van der Waals surface area contributed by atoms with E-state index < -0.39 is 5.97 Å². The van der Waals surface area contributed by atoms with Gasteiger partial charge in [0.05, 0.1) is 20.5 Å². The standard InChI is InChI=1S/C11H12O4.Na/c1-14-7-9(11(13)15-2)8-5-3-4-6-10(8)12;/h3-7,12H,1-2H3;/q;+1/p-1/b9-7+;. The monoisotopic (exact) mass is 230 g/mol. The maximum absolute atomic E-state index is 11.5. The molecule has 16 heavy (non-hydrogen) atoms. The van der Waals surface area contributed by atoms with Crippen molar-refractivity contribution in [3.05, 3.63) is 36.1 Å². The Labute approximate surface area is 116 Å². The molecule has 0 saturated heterocycles. The van der Waals surface area contributed by atoms with Crippen LogP contribution in [0.1, 0.15) is 5.56 Å². The third-order valence-electron chi connectivity index (χ3n) is 1.82. The summed E-state index contributed by atoms with van der Waals surface area (Å²) in [5.74, 6) is -0.841. The van der Waals surface area contributed by atoms with E-state index in [0.717, 1.165) is 0 Å². The molecule has 0 aliphatic heterocycles. The van der Waals surface area contributed by atoms with Crippen molar-refractivity contribution in [1.82, 2.24) is 0 Å². The van der Waals surface area contributed by atoms with Crippen molar-refractivity contribution in [2.45, 2.75) is 0 Å². The van der Waals surface area contributed by atoms with Crippen LogP contribution in [0.2, 0.25) is 0 Å². The molecular formula is C11H11NaO4. The van der Waals surface area contributed by atoms with Crippen LogP contribution in [0.5, 0.6) is 5.75 Å². The zero-order valence-corrected chi connectivity index (χ0v) is 11.5. The summed E-state index contributed by atoms with van der Waals surface area (Å²) in [6, 6.07) is 6.20. The fraction of sp³-hybridized carbons (Fsp3) is 0.182. The first-order valence-corrected chi connectivity index (χ1v) is 4.28. The second-order valence-corrected chi connectivity index (χ2v) is 2.75. The third-order valence-corrected chi connectivity index (χ3v) is 1.82. The van der Waals surface area contributed by atoms with Crippen molar-refractivity contribution < 1.29 is 48.9 Å². The third kappa shape index (κ3) is 3.56. The Bertz CT molecular complexity index is 387. The van der Waals surface area contributed by atoms with E-state index in [1.807, 2.05) is 0 Å². The molecule has 0 saturated carbocycles. The number of carbonyl (C=O) groups excluding carboxylic acids is 1. The van der Waals surface area contributed by atoms with E-state index in [-0.39, 0.29) is 46.4 Å². The van der Waals surface area contributed by atoms with Gasteiger partial charge in [0.25, 0.3) is 0 Å². The van der Waals surface area contributed by atoms with E-state index in [1.54, 1.807) is 18.2 Å². The van der Waals surface area contributed by atoms with Crippen LogP contribution in [0.3, 0.4) is 0 Å². The number of para-hydroxylation sites is 1. The fourth-order valence-electron chi connectivity index (χ4n) is 1.14. The molecule has 1 aromatic carbocycles. The van der Waals surface area contributed by atoms with Gasteiger partial charge >= 0.3 is 35.5 Å². The van der Waals surface area contributed by atoms with Crippen LogP contribution in [0.4, 0.5) is 0 Å². The quantitative estimate of drug-likeness (QED) is 0.259. The van der Waals surface area contributed by atoms with Crippen molar-refractivity contribution in [1.29, 1.82) is 0 Å². The van der Waals surface area contributed by atoms with E-state index in [2.05, 4.69) is 4.74 Å². The molecule has 0 heterocycles. The molecule has 80 valence electrons. The van der Waals surface area contributed by atoms with Gasteiger partial charge in [-0.15, -0.1) is 5.75 Å². The van der Waals surface area contributed by atoms with Gasteiger partial charge in [-0.25, -0.2) is 4.79 Å². The normalized spacial score (nSPS) is 10.2. The zero-order valence-electron chi connectivity index (χ0n) is 9.52. The Kier molecular flexibility index (Phi) is 6.88. The first-order valence-electron chi connectivity index (χ1n) is 4.28. The van der Waals surface area contributed by atoms with Gasteiger partial charge in [-0.05, 0) is 5.56 Å². The smallest absolute Gasteiger partial charge is 0.872 e. The van der Waals surface area contributed by atoms with Gasteiger partial charge in [0.1, 0.15) is 5.57 Å². The SMILES string of the molecule is CO/C=C(/C(=O)OC)c1ccccc1[O-].[Na+]. The van der Waals surface area contributed by atoms with E-state index in [9.17, 15) is 9.90 Å². The van der Waals surface area contributed by atoms with Gasteiger partial charge in [-0.1, -0.05) is 24.3 Å². The summed E-state index contributed by atoms with van der Waals surface area (Å²) in [6.07, 6.45) is 1.20. The van der Waals surface area contributed by atoms with Crippen LogP contribution < -0.4 is 34.7 Å². The number of esters is 1. The molecule has 1 aromatic rings. The molecular weight excluding hydrogens is 219 g/mol. The van der Waals surface area contributed by atoms with Crippen molar-refractivity contribution in [3.8, 4) is 5.75 Å². The molecule has 0 aliphatic rings. The maximum atomic E-state index is 11.5. The van der Waals surface area contributed by atoms with Gasteiger partial charge < -0.3 is 14.6 Å². The predicted octanol–water partition coefficient (Wildman–Crippen LogP) is -2.08. The largest absolute Gasteiger partial charge is 1.00 e. The molecule has 0 aromatic heterocycles. The fourth-order valence-corrected chi connectivity index (χ4v) is 1.14. The average Bonchev–Trinajstić information content (AvgIpc) is 2.26. The van der Waals surface area contributed by atoms with E-state index in [0.29, 0.717) is 0 Å². The van der Waals surface area contributed by atoms with Crippen LogP contribution in [0, 0.1) is 0 Å². The molecule has 0 N–H and O–H groups in total. The summed E-state index contributed by atoms with van der Waals surface area (Å²) in [4.78, 5) is 11.3. The van der Waals surface area contributed by atoms with Crippen LogP contribution >= 0.6 is 0 Å². The summed E-state index contributed by atoms with van der Waals surface area (Å²) in [7, 11) is 2.65. The Balaban J connectivity index is 0.00000225. The van der Waals surface area contributed by atoms with E-state index in [1.165, 1.54) is 26.5 Å². The second-order valence-electron chi connectivity index (χ2n) is 2.75. The Morgan fingerprint density at radius 1 is 1.31 bits per heavy atom. The molecule has 0 radical (unpaired) electrons. The molecule has 5 heteroatoms. The second kappa shape index (κ2) is 7.33. The molecule has 0 amide bonds. The number of ether oxygens (including phenoxy) is 2. The number of methoxy groups -OCH3 is 2. The molecule has 1 rings (SSSR count). The van der Waals surface area contributed by atoms with Crippen molar-refractivity contribution in [2.24, 2.45) is 0 Å². The first kappa shape index (κ1) is 15.0. The van der Waals surface area contributed by atoms with E-state index in [4.69, 9.17) is 4.74 Å². The summed E-state index contributed by atoms with van der Waals surface area (Å²) in [5.41, 5.74) is 0.386. The Morgan fingerprint density at radius 2 is 1.94 bits per heavy atom. The van der Waals surface area contributed by atoms with Gasteiger partial charge in [0, 0.05) is 0 Å². The number of hydrogen-bond donors (Lipinski definition) is 0. The summed E-state index contributed by atoms with van der Waals surface area (Å²) >= 11 is 0. The Hall–Kier alpha value is -0.970. The van der Waals surface area contributed by atoms with E-state index >= 15 is 0 Å². The van der Waals surface area contributed by atoms with Crippen molar-refractivity contribution in [3.63, 3.8) is 0 Å². The van der Waals surface area contributed by atoms with Gasteiger partial charge in [0.15, 0.2) is 0 Å². The summed E-state index contributed by atoms with van der Waals surface area (Å²) in [5, 5.41) is 11.5. The Morgan fingerprint density at radius 3 is 2.44 bits per heavy atom. The number of hydrogen-bond acceptors (Lipinski definition) is 4. The number of carbonyl (C=O) groups is 1. The van der Waals surface area contributed by atoms with Crippen LogP contribution in [0.25, 0.3) is 5.57 Å². The minimum absolute atomic E-state index is 0.